The Labute approximate surface area is 186 Å². The van der Waals surface area contributed by atoms with Gasteiger partial charge in [-0.1, -0.05) is 11.6 Å². The van der Waals surface area contributed by atoms with Gasteiger partial charge in [0.25, 0.3) is 0 Å². The quantitative estimate of drug-likeness (QED) is 0.227. The van der Waals surface area contributed by atoms with Gasteiger partial charge in [-0.2, -0.15) is 8.78 Å². The second-order valence-electron chi connectivity index (χ2n) is 6.20. The number of likely N-dealkylation sites (tertiary alicyclic amines) is 1. The van der Waals surface area contributed by atoms with Crippen LogP contribution in [0.15, 0.2) is 23.2 Å². The smallest absolute Gasteiger partial charge is 0.387 e. The largest absolute Gasteiger partial charge is 0.434 e. The molecule has 28 heavy (non-hydrogen) atoms. The Kier molecular flexibility index (Phi) is 12.0. The van der Waals surface area contributed by atoms with Gasteiger partial charge < -0.3 is 24.4 Å². The van der Waals surface area contributed by atoms with E-state index in [1.807, 2.05) is 0 Å². The highest BCUT2D eigenvalue weighted by Crippen LogP contribution is 2.25. The lowest BCUT2D eigenvalue weighted by Gasteiger charge is -2.22. The molecule has 1 heterocycles. The predicted molar refractivity (Wildman–Crippen MR) is 116 cm³/mol. The van der Waals surface area contributed by atoms with Gasteiger partial charge in [0.2, 0.25) is 0 Å². The summed E-state index contributed by atoms with van der Waals surface area (Å²) in [6.45, 7) is 0.917. The molecule has 0 aliphatic carbocycles. The average molecular weight is 534 g/mol. The summed E-state index contributed by atoms with van der Waals surface area (Å²) in [5.74, 6) is 1.23. The van der Waals surface area contributed by atoms with E-state index in [4.69, 9.17) is 21.1 Å². The molecule has 0 radical (unpaired) electrons. The molecule has 160 valence electrons. The van der Waals surface area contributed by atoms with Crippen molar-refractivity contribution < 1.29 is 23.0 Å². The monoisotopic (exact) mass is 533 g/mol. The molecule has 1 saturated heterocycles. The Morgan fingerprint density at radius 1 is 1.39 bits per heavy atom. The summed E-state index contributed by atoms with van der Waals surface area (Å²) < 4.78 is 40.3. The molecule has 1 aromatic carbocycles. The Morgan fingerprint density at radius 3 is 2.86 bits per heavy atom. The van der Waals surface area contributed by atoms with Crippen LogP contribution in [0.4, 0.5) is 8.78 Å². The van der Waals surface area contributed by atoms with Crippen LogP contribution in [0.2, 0.25) is 5.02 Å². The molecule has 1 aliphatic rings. The predicted octanol–water partition coefficient (Wildman–Crippen LogP) is 3.62. The summed E-state index contributed by atoms with van der Waals surface area (Å²) in [6.07, 6.45) is 1.00. The summed E-state index contributed by atoms with van der Waals surface area (Å²) in [4.78, 5) is 6.42. The summed E-state index contributed by atoms with van der Waals surface area (Å²) in [5.41, 5.74) is 0.544. The standard InChI is InChI=1S/C18H26ClF2N3O3.HI/c1-22-18(24-6-5-13(11-24)12-26-8-7-25-2)23-10-14-9-15(19)3-4-16(14)27-17(20)21;/h3-4,9,13,17H,5-8,10-12H2,1-2H3,(H,22,23);1H. The van der Waals surface area contributed by atoms with E-state index in [1.165, 1.54) is 12.1 Å². The van der Waals surface area contributed by atoms with Crippen LogP contribution in [0, 0.1) is 5.92 Å². The van der Waals surface area contributed by atoms with E-state index >= 15 is 0 Å². The molecule has 1 N–H and O–H groups in total. The van der Waals surface area contributed by atoms with E-state index in [0.29, 0.717) is 42.3 Å². The van der Waals surface area contributed by atoms with Crippen molar-refractivity contribution in [1.29, 1.82) is 0 Å². The molecule has 0 spiro atoms. The minimum Gasteiger partial charge on any atom is -0.434 e. The maximum atomic E-state index is 12.6. The Morgan fingerprint density at radius 2 is 2.18 bits per heavy atom. The molecule has 1 fully saturated rings. The minimum absolute atomic E-state index is 0. The number of aliphatic imine (C=N–C) groups is 1. The molecule has 1 aromatic rings. The summed E-state index contributed by atoms with van der Waals surface area (Å²) in [5, 5.41) is 3.65. The Hall–Kier alpha value is -0.910. The van der Waals surface area contributed by atoms with E-state index in [9.17, 15) is 8.78 Å². The third kappa shape index (κ3) is 8.22. The van der Waals surface area contributed by atoms with Gasteiger partial charge in [-0.25, -0.2) is 0 Å². The summed E-state index contributed by atoms with van der Waals surface area (Å²) in [7, 11) is 3.34. The zero-order valence-corrected chi connectivity index (χ0v) is 19.1. The lowest BCUT2D eigenvalue weighted by atomic mass is 10.1. The molecule has 1 atom stereocenters. The van der Waals surface area contributed by atoms with Gasteiger partial charge in [0.15, 0.2) is 5.96 Å². The third-order valence-electron chi connectivity index (χ3n) is 4.26. The average Bonchev–Trinajstić information content (AvgIpc) is 3.10. The van der Waals surface area contributed by atoms with Crippen molar-refractivity contribution in [2.45, 2.75) is 19.6 Å². The maximum Gasteiger partial charge on any atom is 0.387 e. The number of hydrogen-bond acceptors (Lipinski definition) is 4. The molecule has 0 aromatic heterocycles. The van der Waals surface area contributed by atoms with Crippen molar-refractivity contribution in [1.82, 2.24) is 10.2 Å². The first-order chi connectivity index (χ1) is 13.0. The molecule has 0 saturated carbocycles. The van der Waals surface area contributed by atoms with Crippen molar-refractivity contribution in [2.75, 3.05) is 47.1 Å². The fraction of sp³-hybridized carbons (Fsp3) is 0.611. The number of nitrogens with zero attached hydrogens (tertiary/aromatic N) is 2. The molecule has 6 nitrogen and oxygen atoms in total. The summed E-state index contributed by atoms with van der Waals surface area (Å²) in [6, 6.07) is 4.57. The van der Waals surface area contributed by atoms with Crippen LogP contribution in [0.3, 0.4) is 0 Å². The van der Waals surface area contributed by atoms with Crippen LogP contribution in [-0.2, 0) is 16.0 Å². The van der Waals surface area contributed by atoms with E-state index < -0.39 is 6.61 Å². The second-order valence-corrected chi connectivity index (χ2v) is 6.64. The van der Waals surface area contributed by atoms with E-state index in [2.05, 4.69) is 19.9 Å². The van der Waals surface area contributed by atoms with Crippen molar-refractivity contribution in [2.24, 2.45) is 10.9 Å². The number of halogens is 4. The molecule has 1 aliphatic heterocycles. The topological polar surface area (TPSA) is 55.3 Å². The number of benzene rings is 1. The van der Waals surface area contributed by atoms with Crippen molar-refractivity contribution in [3.63, 3.8) is 0 Å². The van der Waals surface area contributed by atoms with Crippen molar-refractivity contribution in [3.05, 3.63) is 28.8 Å². The first-order valence-corrected chi connectivity index (χ1v) is 9.16. The number of nitrogens with one attached hydrogen (secondary N) is 1. The molecule has 0 bridgehead atoms. The lowest BCUT2D eigenvalue weighted by Crippen LogP contribution is -2.40. The van der Waals surface area contributed by atoms with Crippen LogP contribution in [0.1, 0.15) is 12.0 Å². The Bertz CT molecular complexity index is 626. The second kappa shape index (κ2) is 13.3. The fourth-order valence-corrected chi connectivity index (χ4v) is 3.15. The van der Waals surface area contributed by atoms with Crippen LogP contribution in [0.25, 0.3) is 0 Å². The molecular formula is C18H27ClF2IN3O3. The van der Waals surface area contributed by atoms with Gasteiger partial charge in [0.05, 0.1) is 19.8 Å². The SMILES string of the molecule is CN=C(NCc1cc(Cl)ccc1OC(F)F)N1CCC(COCCOC)C1.I. The van der Waals surface area contributed by atoms with Gasteiger partial charge in [-0.05, 0) is 24.6 Å². The highest BCUT2D eigenvalue weighted by molar-refractivity contribution is 14.0. The first kappa shape index (κ1) is 25.1. The lowest BCUT2D eigenvalue weighted by molar-refractivity contribution is -0.0504. The minimum atomic E-state index is -2.89. The molecule has 2 rings (SSSR count). The number of methoxy groups -OCH3 is 1. The maximum absolute atomic E-state index is 12.6. The van der Waals surface area contributed by atoms with Gasteiger partial charge in [0.1, 0.15) is 5.75 Å². The van der Waals surface area contributed by atoms with Gasteiger partial charge >= 0.3 is 6.61 Å². The molecule has 0 amide bonds. The van der Waals surface area contributed by atoms with Crippen LogP contribution < -0.4 is 10.1 Å². The highest BCUT2D eigenvalue weighted by atomic mass is 127. The summed E-state index contributed by atoms with van der Waals surface area (Å²) >= 11 is 5.99. The van der Waals surface area contributed by atoms with E-state index in [1.54, 1.807) is 20.2 Å². The number of guanidine groups is 1. The molecule has 1 unspecified atom stereocenters. The normalized spacial score (nSPS) is 17.0. The van der Waals surface area contributed by atoms with E-state index in [0.717, 1.165) is 19.5 Å². The highest BCUT2D eigenvalue weighted by Gasteiger charge is 2.25. The number of hydrogen-bond donors (Lipinski definition) is 1. The van der Waals surface area contributed by atoms with Crippen LogP contribution in [0.5, 0.6) is 5.75 Å². The number of alkyl halides is 2. The first-order valence-electron chi connectivity index (χ1n) is 8.79. The Balaban J connectivity index is 0.00000392. The molecule has 10 heteroatoms. The van der Waals surface area contributed by atoms with Crippen LogP contribution >= 0.6 is 35.6 Å². The van der Waals surface area contributed by atoms with E-state index in [-0.39, 0.29) is 36.3 Å². The molecular weight excluding hydrogens is 507 g/mol. The number of ether oxygens (including phenoxy) is 3. The number of rotatable bonds is 9. The van der Waals surface area contributed by atoms with Crippen LogP contribution in [-0.4, -0.2) is 64.5 Å². The van der Waals surface area contributed by atoms with Crippen molar-refractivity contribution >= 4 is 41.5 Å². The van der Waals surface area contributed by atoms with Gasteiger partial charge in [-0.3, -0.25) is 4.99 Å². The fourth-order valence-electron chi connectivity index (χ4n) is 2.96. The van der Waals surface area contributed by atoms with Gasteiger partial charge in [0, 0.05) is 50.3 Å². The zero-order valence-electron chi connectivity index (χ0n) is 16.0. The van der Waals surface area contributed by atoms with Crippen molar-refractivity contribution in [3.8, 4) is 5.75 Å². The zero-order chi connectivity index (χ0) is 19.6. The third-order valence-corrected chi connectivity index (χ3v) is 4.49. The van der Waals surface area contributed by atoms with Gasteiger partial charge in [-0.15, -0.1) is 24.0 Å².